The molecular formula is C30H38N2O5. The van der Waals surface area contributed by atoms with Crippen LogP contribution in [0.4, 0.5) is 0 Å². The Hall–Kier alpha value is -3.42. The van der Waals surface area contributed by atoms with Gasteiger partial charge in [0.1, 0.15) is 6.61 Å². The van der Waals surface area contributed by atoms with Crippen molar-refractivity contribution in [3.05, 3.63) is 77.4 Å². The average molecular weight is 507 g/mol. The first-order chi connectivity index (χ1) is 18.2. The highest BCUT2D eigenvalue weighted by atomic mass is 16.5. The zero-order valence-electron chi connectivity index (χ0n) is 22.3. The summed E-state index contributed by atoms with van der Waals surface area (Å²) < 4.78 is 29.2. The fraction of sp³-hybridized carbons (Fsp3) is 0.400. The van der Waals surface area contributed by atoms with Gasteiger partial charge in [0, 0.05) is 19.6 Å². The van der Waals surface area contributed by atoms with Crippen LogP contribution in [-0.4, -0.2) is 59.0 Å². The fourth-order valence-corrected chi connectivity index (χ4v) is 4.82. The summed E-state index contributed by atoms with van der Waals surface area (Å²) in [6.07, 6.45) is 1.07. The van der Waals surface area contributed by atoms with Gasteiger partial charge in [0.25, 0.3) is 0 Å². The number of hydrogen-bond acceptors (Lipinski definition) is 7. The van der Waals surface area contributed by atoms with Crippen LogP contribution in [0.2, 0.25) is 0 Å². The number of hydrogen-bond donors (Lipinski definition) is 1. The van der Waals surface area contributed by atoms with Crippen molar-refractivity contribution in [2.75, 3.05) is 54.1 Å². The Kier molecular flexibility index (Phi) is 9.52. The quantitative estimate of drug-likeness (QED) is 0.389. The number of benzene rings is 3. The van der Waals surface area contributed by atoms with E-state index < -0.39 is 0 Å². The van der Waals surface area contributed by atoms with Crippen LogP contribution in [0.3, 0.4) is 0 Å². The van der Waals surface area contributed by atoms with E-state index >= 15 is 0 Å². The number of ether oxygens (including phenoxy) is 5. The lowest BCUT2D eigenvalue weighted by Gasteiger charge is -2.32. The lowest BCUT2D eigenvalue weighted by atomic mass is 9.95. The molecule has 1 aliphatic heterocycles. The van der Waals surface area contributed by atoms with Crippen LogP contribution < -0.4 is 29.0 Å². The molecule has 3 aromatic rings. The zero-order chi connectivity index (χ0) is 26.0. The van der Waals surface area contributed by atoms with Gasteiger partial charge in [-0.15, -0.1) is 0 Å². The molecule has 4 rings (SSSR count). The second-order valence-corrected chi connectivity index (χ2v) is 8.91. The molecule has 0 amide bonds. The predicted octanol–water partition coefficient (Wildman–Crippen LogP) is 5.07. The summed E-state index contributed by atoms with van der Waals surface area (Å²) in [6, 6.07) is 20.5. The first-order valence-electron chi connectivity index (χ1n) is 12.9. The SMILES string of the molecule is CCOc1cc(C(c2cc(OC)c(OC)c(OC)c2)N2CCCNCC2)ccc1OCc1ccccc1. The summed E-state index contributed by atoms with van der Waals surface area (Å²) >= 11 is 0. The van der Waals surface area contributed by atoms with Gasteiger partial charge in [0.2, 0.25) is 5.75 Å². The molecule has 3 aromatic carbocycles. The molecule has 1 saturated heterocycles. The number of methoxy groups -OCH3 is 3. The minimum Gasteiger partial charge on any atom is -0.493 e. The molecular weight excluding hydrogens is 468 g/mol. The Bertz CT molecular complexity index is 1110. The van der Waals surface area contributed by atoms with Crippen LogP contribution in [0.1, 0.15) is 36.1 Å². The molecule has 37 heavy (non-hydrogen) atoms. The molecule has 1 N–H and O–H groups in total. The first kappa shape index (κ1) is 26.6. The molecule has 1 fully saturated rings. The van der Waals surface area contributed by atoms with E-state index in [1.54, 1.807) is 21.3 Å². The van der Waals surface area contributed by atoms with Gasteiger partial charge in [-0.3, -0.25) is 4.90 Å². The summed E-state index contributed by atoms with van der Waals surface area (Å²) in [5.74, 6) is 3.34. The normalized spacial score (nSPS) is 14.9. The van der Waals surface area contributed by atoms with Crippen LogP contribution >= 0.6 is 0 Å². The van der Waals surface area contributed by atoms with Gasteiger partial charge in [0.15, 0.2) is 23.0 Å². The van der Waals surface area contributed by atoms with E-state index in [0.29, 0.717) is 30.5 Å². The van der Waals surface area contributed by atoms with E-state index in [-0.39, 0.29) is 6.04 Å². The van der Waals surface area contributed by atoms with Crippen molar-refractivity contribution in [1.29, 1.82) is 0 Å². The molecule has 0 saturated carbocycles. The van der Waals surface area contributed by atoms with Crippen molar-refractivity contribution < 1.29 is 23.7 Å². The fourth-order valence-electron chi connectivity index (χ4n) is 4.82. The van der Waals surface area contributed by atoms with E-state index in [1.807, 2.05) is 43.3 Å². The molecule has 7 nitrogen and oxygen atoms in total. The molecule has 1 aliphatic rings. The summed E-state index contributed by atoms with van der Waals surface area (Å²) in [7, 11) is 4.93. The van der Waals surface area contributed by atoms with Crippen molar-refractivity contribution in [3.8, 4) is 28.7 Å². The van der Waals surface area contributed by atoms with Crippen LogP contribution in [0.15, 0.2) is 60.7 Å². The largest absolute Gasteiger partial charge is 0.493 e. The highest BCUT2D eigenvalue weighted by Gasteiger charge is 2.27. The van der Waals surface area contributed by atoms with Crippen molar-refractivity contribution in [3.63, 3.8) is 0 Å². The van der Waals surface area contributed by atoms with Gasteiger partial charge in [0.05, 0.1) is 34.0 Å². The molecule has 7 heteroatoms. The molecule has 1 unspecified atom stereocenters. The maximum Gasteiger partial charge on any atom is 0.203 e. The molecule has 1 atom stereocenters. The maximum atomic E-state index is 6.18. The smallest absolute Gasteiger partial charge is 0.203 e. The van der Waals surface area contributed by atoms with E-state index in [1.165, 1.54) is 0 Å². The third-order valence-electron chi connectivity index (χ3n) is 6.56. The standard InChI is InChI=1S/C30H38N2O5/c1-5-36-26-18-23(12-13-25(26)37-21-22-10-7-6-8-11-22)29(32-16-9-14-31-15-17-32)24-19-27(33-2)30(35-4)28(20-24)34-3/h6-8,10-13,18-20,29,31H,5,9,14-17,21H2,1-4H3. The summed E-state index contributed by atoms with van der Waals surface area (Å²) in [5.41, 5.74) is 3.30. The molecule has 0 aromatic heterocycles. The number of rotatable bonds is 11. The lowest BCUT2D eigenvalue weighted by Crippen LogP contribution is -2.33. The van der Waals surface area contributed by atoms with Crippen LogP contribution in [0, 0.1) is 0 Å². The lowest BCUT2D eigenvalue weighted by molar-refractivity contribution is 0.237. The minimum absolute atomic E-state index is 0.0315. The van der Waals surface area contributed by atoms with Gasteiger partial charge < -0.3 is 29.0 Å². The highest BCUT2D eigenvalue weighted by molar-refractivity contribution is 5.56. The molecule has 0 spiro atoms. The summed E-state index contributed by atoms with van der Waals surface area (Å²) in [6.45, 7) is 6.83. The van der Waals surface area contributed by atoms with Crippen molar-refractivity contribution in [2.45, 2.75) is 26.0 Å². The van der Waals surface area contributed by atoms with Gasteiger partial charge in [-0.2, -0.15) is 0 Å². The van der Waals surface area contributed by atoms with Gasteiger partial charge >= 0.3 is 0 Å². The summed E-state index contributed by atoms with van der Waals surface area (Å²) in [5, 5.41) is 3.52. The van der Waals surface area contributed by atoms with Crippen LogP contribution in [-0.2, 0) is 6.61 Å². The third-order valence-corrected chi connectivity index (χ3v) is 6.56. The Labute approximate surface area is 220 Å². The van der Waals surface area contributed by atoms with E-state index in [0.717, 1.165) is 60.8 Å². The van der Waals surface area contributed by atoms with Gasteiger partial charge in [-0.05, 0) is 60.8 Å². The van der Waals surface area contributed by atoms with Gasteiger partial charge in [-0.1, -0.05) is 36.4 Å². The number of nitrogens with zero attached hydrogens (tertiary/aromatic N) is 1. The van der Waals surface area contributed by atoms with E-state index in [2.05, 4.69) is 34.5 Å². The first-order valence-corrected chi connectivity index (χ1v) is 12.9. The Morgan fingerprint density at radius 2 is 1.49 bits per heavy atom. The van der Waals surface area contributed by atoms with E-state index in [4.69, 9.17) is 23.7 Å². The molecule has 1 heterocycles. The van der Waals surface area contributed by atoms with Crippen molar-refractivity contribution >= 4 is 0 Å². The minimum atomic E-state index is -0.0315. The summed E-state index contributed by atoms with van der Waals surface area (Å²) in [4.78, 5) is 2.50. The molecule has 198 valence electrons. The van der Waals surface area contributed by atoms with Gasteiger partial charge in [-0.25, -0.2) is 0 Å². The molecule has 0 aliphatic carbocycles. The second kappa shape index (κ2) is 13.2. The molecule has 0 radical (unpaired) electrons. The number of nitrogens with one attached hydrogen (secondary N) is 1. The van der Waals surface area contributed by atoms with E-state index in [9.17, 15) is 0 Å². The third kappa shape index (κ3) is 6.48. The van der Waals surface area contributed by atoms with Crippen LogP contribution in [0.25, 0.3) is 0 Å². The average Bonchev–Trinajstić information content (AvgIpc) is 3.22. The van der Waals surface area contributed by atoms with Crippen molar-refractivity contribution in [1.82, 2.24) is 10.2 Å². The molecule has 0 bridgehead atoms. The maximum absolute atomic E-state index is 6.18. The van der Waals surface area contributed by atoms with Crippen LogP contribution in [0.5, 0.6) is 28.7 Å². The Morgan fingerprint density at radius 1 is 0.757 bits per heavy atom. The monoisotopic (exact) mass is 506 g/mol. The Morgan fingerprint density at radius 3 is 2.16 bits per heavy atom. The predicted molar refractivity (Wildman–Crippen MR) is 145 cm³/mol. The van der Waals surface area contributed by atoms with Crippen molar-refractivity contribution in [2.24, 2.45) is 0 Å². The highest BCUT2D eigenvalue weighted by Crippen LogP contribution is 2.43. The topological polar surface area (TPSA) is 61.4 Å². The zero-order valence-corrected chi connectivity index (χ0v) is 22.3. The second-order valence-electron chi connectivity index (χ2n) is 8.91. The Balaban J connectivity index is 1.75.